The van der Waals surface area contributed by atoms with Crippen molar-refractivity contribution in [1.82, 2.24) is 5.32 Å². The molecule has 0 saturated carbocycles. The van der Waals surface area contributed by atoms with Crippen LogP contribution in [-0.2, 0) is 0 Å². The van der Waals surface area contributed by atoms with Crippen LogP contribution in [0, 0.1) is 0 Å². The first-order valence-corrected chi connectivity index (χ1v) is 17.3. The van der Waals surface area contributed by atoms with E-state index in [-0.39, 0.29) is 6.17 Å². The molecule has 4 heteroatoms. The van der Waals surface area contributed by atoms with Gasteiger partial charge >= 0.3 is 0 Å². The molecule has 0 saturated heterocycles. The molecular formula is C47H31N3O. The Labute approximate surface area is 295 Å². The number of para-hydroxylation sites is 1. The van der Waals surface area contributed by atoms with Gasteiger partial charge in [-0.2, -0.15) is 0 Å². The first-order chi connectivity index (χ1) is 25.3. The molecule has 1 atom stereocenters. The second-order valence-electron chi connectivity index (χ2n) is 13.0. The second kappa shape index (κ2) is 12.0. The number of aliphatic imine (C=N–C) groups is 2. The summed E-state index contributed by atoms with van der Waals surface area (Å²) in [4.78, 5) is 10.5. The molecule has 10 rings (SSSR count). The Hall–Kier alpha value is -6.78. The third kappa shape index (κ3) is 5.08. The Bertz CT molecular complexity index is 2830. The van der Waals surface area contributed by atoms with E-state index in [0.717, 1.165) is 66.7 Å². The Morgan fingerprint density at radius 3 is 1.84 bits per heavy atom. The molecule has 1 unspecified atom stereocenters. The highest BCUT2D eigenvalue weighted by Crippen LogP contribution is 2.43. The van der Waals surface area contributed by atoms with Crippen molar-refractivity contribution in [3.8, 4) is 22.3 Å². The fourth-order valence-electron chi connectivity index (χ4n) is 7.41. The quantitative estimate of drug-likeness (QED) is 0.201. The van der Waals surface area contributed by atoms with Gasteiger partial charge in [0.1, 0.15) is 23.2 Å². The molecular weight excluding hydrogens is 623 g/mol. The number of fused-ring (bicyclic) bond motifs is 5. The fraction of sp³-hybridized carbons (Fsp3) is 0.0213. The molecule has 2 heterocycles. The molecule has 0 spiro atoms. The lowest BCUT2D eigenvalue weighted by Gasteiger charge is -2.24. The van der Waals surface area contributed by atoms with Crippen LogP contribution in [0.3, 0.4) is 0 Å². The molecule has 1 aliphatic heterocycles. The van der Waals surface area contributed by atoms with Crippen LogP contribution in [0.5, 0.6) is 0 Å². The SMILES string of the molecule is c1ccc(C2=NC(c3ccc(-c4cc5ccccc5cc4-c4ccccc4)c4oc5ccccc5c34)=NC(c3ccc4ccccc4c3)N2)cc1. The van der Waals surface area contributed by atoms with E-state index in [1.807, 2.05) is 30.3 Å². The molecule has 8 aromatic carbocycles. The van der Waals surface area contributed by atoms with Gasteiger partial charge in [0.05, 0.1) is 0 Å². The van der Waals surface area contributed by atoms with Crippen LogP contribution in [0.1, 0.15) is 22.9 Å². The van der Waals surface area contributed by atoms with Gasteiger partial charge < -0.3 is 9.73 Å². The second-order valence-corrected chi connectivity index (χ2v) is 13.0. The van der Waals surface area contributed by atoms with Crippen molar-refractivity contribution in [2.24, 2.45) is 9.98 Å². The summed E-state index contributed by atoms with van der Waals surface area (Å²) in [5.41, 5.74) is 9.12. The van der Waals surface area contributed by atoms with Crippen LogP contribution in [0.2, 0.25) is 0 Å². The van der Waals surface area contributed by atoms with E-state index in [1.54, 1.807) is 0 Å². The molecule has 0 fully saturated rings. The molecule has 1 aliphatic rings. The predicted molar refractivity (Wildman–Crippen MR) is 211 cm³/mol. The van der Waals surface area contributed by atoms with Crippen LogP contribution in [0.25, 0.3) is 65.7 Å². The van der Waals surface area contributed by atoms with Gasteiger partial charge in [-0.3, -0.25) is 0 Å². The highest BCUT2D eigenvalue weighted by molar-refractivity contribution is 6.24. The summed E-state index contributed by atoms with van der Waals surface area (Å²) in [6, 6.07) is 61.6. The minimum absolute atomic E-state index is 0.338. The van der Waals surface area contributed by atoms with E-state index in [0.29, 0.717) is 5.84 Å². The van der Waals surface area contributed by atoms with Gasteiger partial charge in [-0.05, 0) is 80.2 Å². The Morgan fingerprint density at radius 2 is 1.08 bits per heavy atom. The van der Waals surface area contributed by atoms with Gasteiger partial charge in [-0.1, -0.05) is 140 Å². The summed E-state index contributed by atoms with van der Waals surface area (Å²) >= 11 is 0. The Morgan fingerprint density at radius 1 is 0.471 bits per heavy atom. The Kier molecular flexibility index (Phi) is 6.85. The molecule has 4 nitrogen and oxygen atoms in total. The van der Waals surface area contributed by atoms with E-state index in [4.69, 9.17) is 14.4 Å². The molecule has 240 valence electrons. The van der Waals surface area contributed by atoms with E-state index in [1.165, 1.54) is 21.5 Å². The maximum absolute atomic E-state index is 6.82. The zero-order chi connectivity index (χ0) is 33.7. The topological polar surface area (TPSA) is 49.9 Å². The minimum Gasteiger partial charge on any atom is -0.455 e. The standard InChI is InChI=1S/C47H31N3O/c1-3-14-31(15-4-1)40-28-34-19-9-10-20-35(34)29-41(40)37-25-26-39(43-38-21-11-12-22-42(38)51-44(37)43)47-49-45(32-16-5-2-6-17-32)48-46(50-47)36-24-23-30-13-7-8-18-33(30)27-36/h1-29,46H,(H,48,49,50). The molecule has 1 N–H and O–H groups in total. The lowest BCUT2D eigenvalue weighted by atomic mass is 9.89. The highest BCUT2D eigenvalue weighted by atomic mass is 16.3. The van der Waals surface area contributed by atoms with Crippen LogP contribution in [0.4, 0.5) is 0 Å². The van der Waals surface area contributed by atoms with E-state index >= 15 is 0 Å². The zero-order valence-electron chi connectivity index (χ0n) is 27.6. The summed E-state index contributed by atoms with van der Waals surface area (Å²) in [5.74, 6) is 1.44. The monoisotopic (exact) mass is 653 g/mol. The molecule has 0 bridgehead atoms. The van der Waals surface area contributed by atoms with E-state index in [9.17, 15) is 0 Å². The van der Waals surface area contributed by atoms with Gasteiger partial charge in [0, 0.05) is 27.5 Å². The largest absolute Gasteiger partial charge is 0.455 e. The first kappa shape index (κ1) is 29.2. The summed E-state index contributed by atoms with van der Waals surface area (Å²) in [5, 5.41) is 10.4. The van der Waals surface area contributed by atoms with Gasteiger partial charge in [-0.15, -0.1) is 0 Å². The smallest absolute Gasteiger partial charge is 0.160 e. The van der Waals surface area contributed by atoms with Gasteiger partial charge in [0.2, 0.25) is 0 Å². The van der Waals surface area contributed by atoms with Crippen LogP contribution < -0.4 is 5.32 Å². The van der Waals surface area contributed by atoms with Crippen molar-refractivity contribution in [3.63, 3.8) is 0 Å². The lowest BCUT2D eigenvalue weighted by Crippen LogP contribution is -2.33. The van der Waals surface area contributed by atoms with Gasteiger partial charge in [0.25, 0.3) is 0 Å². The third-order valence-electron chi connectivity index (χ3n) is 9.91. The number of nitrogens with zero attached hydrogens (tertiary/aromatic N) is 2. The van der Waals surface area contributed by atoms with E-state index < -0.39 is 0 Å². The third-order valence-corrected chi connectivity index (χ3v) is 9.91. The van der Waals surface area contributed by atoms with Gasteiger partial charge in [-0.25, -0.2) is 9.98 Å². The number of hydrogen-bond donors (Lipinski definition) is 1. The molecule has 1 aromatic heterocycles. The number of amidine groups is 2. The predicted octanol–water partition coefficient (Wildman–Crippen LogP) is 11.7. The van der Waals surface area contributed by atoms with Gasteiger partial charge in [0.15, 0.2) is 5.84 Å². The van der Waals surface area contributed by atoms with Crippen molar-refractivity contribution >= 4 is 55.2 Å². The summed E-state index contributed by atoms with van der Waals surface area (Å²) in [6.45, 7) is 0. The molecule has 9 aromatic rings. The fourth-order valence-corrected chi connectivity index (χ4v) is 7.41. The van der Waals surface area contributed by atoms with Crippen LogP contribution >= 0.6 is 0 Å². The first-order valence-electron chi connectivity index (χ1n) is 17.3. The average Bonchev–Trinajstić information content (AvgIpc) is 3.60. The van der Waals surface area contributed by atoms with Crippen molar-refractivity contribution < 1.29 is 4.42 Å². The van der Waals surface area contributed by atoms with Crippen molar-refractivity contribution in [2.45, 2.75) is 6.17 Å². The summed E-state index contributed by atoms with van der Waals surface area (Å²) < 4.78 is 6.82. The summed E-state index contributed by atoms with van der Waals surface area (Å²) in [6.07, 6.45) is -0.338. The molecule has 0 amide bonds. The van der Waals surface area contributed by atoms with Crippen LogP contribution in [-0.4, -0.2) is 11.7 Å². The van der Waals surface area contributed by atoms with E-state index in [2.05, 4.69) is 151 Å². The van der Waals surface area contributed by atoms with Crippen molar-refractivity contribution in [1.29, 1.82) is 0 Å². The number of rotatable bonds is 5. The maximum Gasteiger partial charge on any atom is 0.160 e. The lowest BCUT2D eigenvalue weighted by molar-refractivity contribution is 0.669. The normalized spacial score (nSPS) is 14.5. The number of nitrogens with one attached hydrogen (secondary N) is 1. The molecule has 0 aliphatic carbocycles. The molecule has 0 radical (unpaired) electrons. The number of furan rings is 1. The van der Waals surface area contributed by atoms with Crippen LogP contribution in [0.15, 0.2) is 190 Å². The van der Waals surface area contributed by atoms with Crippen molar-refractivity contribution in [2.75, 3.05) is 0 Å². The number of benzene rings is 8. The Balaban J connectivity index is 1.22. The number of hydrogen-bond acceptors (Lipinski definition) is 4. The molecule has 51 heavy (non-hydrogen) atoms. The maximum atomic E-state index is 6.82. The summed E-state index contributed by atoms with van der Waals surface area (Å²) in [7, 11) is 0. The average molecular weight is 654 g/mol. The highest BCUT2D eigenvalue weighted by Gasteiger charge is 2.26. The van der Waals surface area contributed by atoms with Crippen molar-refractivity contribution in [3.05, 3.63) is 193 Å². The zero-order valence-corrected chi connectivity index (χ0v) is 27.6. The minimum atomic E-state index is -0.338.